The quantitative estimate of drug-likeness (QED) is 0.588. The highest BCUT2D eigenvalue weighted by Gasteiger charge is 2.47. The van der Waals surface area contributed by atoms with Crippen LogP contribution < -0.4 is 10.6 Å². The summed E-state index contributed by atoms with van der Waals surface area (Å²) in [5.74, 6) is -3.56. The molecule has 0 aliphatic heterocycles. The molecular formula is C24H23F3N2O5. The maximum Gasteiger partial charge on any atom is 0.417 e. The Bertz CT molecular complexity index is 1060. The van der Waals surface area contributed by atoms with Crippen LogP contribution in [0.3, 0.4) is 0 Å². The number of alkyl halides is 3. The van der Waals surface area contributed by atoms with E-state index in [0.717, 1.165) is 22.3 Å². The highest BCUT2D eigenvalue weighted by molar-refractivity contribution is 5.87. The highest BCUT2D eigenvalue weighted by Crippen LogP contribution is 2.44. The number of hydrogen-bond donors (Lipinski definition) is 3. The van der Waals surface area contributed by atoms with Crippen molar-refractivity contribution in [3.8, 4) is 11.1 Å². The minimum atomic E-state index is -5.06. The Balaban J connectivity index is 1.39. The molecule has 2 amide bonds. The second-order valence-electron chi connectivity index (χ2n) is 8.50. The lowest BCUT2D eigenvalue weighted by molar-refractivity contribution is -0.168. The Morgan fingerprint density at radius 2 is 1.59 bits per heavy atom. The number of amides is 2. The smallest absolute Gasteiger partial charge is 0.417 e. The standard InChI is InChI=1S/C24H23F3N2O5/c25-24(26,27)20(21(30)28-14-10-9-13(11-14)22(31)32)29-23(33)34-12-19-17-7-3-1-5-15(17)16-6-2-4-8-18(16)19/h1-8,13-14,19-20H,9-12H2,(H,28,30)(H,29,33)(H,31,32)/t13-,14+,20?/m0/s1. The van der Waals surface area contributed by atoms with Gasteiger partial charge >= 0.3 is 18.2 Å². The zero-order chi connectivity index (χ0) is 24.5. The Hall–Kier alpha value is -3.56. The molecule has 7 nitrogen and oxygen atoms in total. The van der Waals surface area contributed by atoms with E-state index in [2.05, 4.69) is 5.32 Å². The third-order valence-corrected chi connectivity index (χ3v) is 6.32. The number of fused-ring (bicyclic) bond motifs is 3. The van der Waals surface area contributed by atoms with Gasteiger partial charge in [0.2, 0.25) is 6.04 Å². The molecule has 1 saturated carbocycles. The molecule has 2 aliphatic rings. The molecule has 0 aromatic heterocycles. The number of ether oxygens (including phenoxy) is 1. The number of carboxylic acid groups (broad SMARTS) is 1. The van der Waals surface area contributed by atoms with Gasteiger partial charge in [0.05, 0.1) is 5.92 Å². The molecule has 10 heteroatoms. The van der Waals surface area contributed by atoms with E-state index in [1.807, 2.05) is 48.5 Å². The number of alkyl carbamates (subject to hydrolysis) is 1. The molecule has 3 N–H and O–H groups in total. The van der Waals surface area contributed by atoms with Gasteiger partial charge in [-0.15, -0.1) is 0 Å². The molecule has 2 aliphatic carbocycles. The van der Waals surface area contributed by atoms with Gasteiger partial charge in [-0.1, -0.05) is 48.5 Å². The van der Waals surface area contributed by atoms with Crippen LogP contribution in [0.4, 0.5) is 18.0 Å². The first-order valence-electron chi connectivity index (χ1n) is 10.9. The molecule has 3 atom stereocenters. The number of aliphatic carboxylic acids is 1. The van der Waals surface area contributed by atoms with E-state index in [0.29, 0.717) is 0 Å². The van der Waals surface area contributed by atoms with Crippen LogP contribution in [0.5, 0.6) is 0 Å². The fraction of sp³-hybridized carbons (Fsp3) is 0.375. The summed E-state index contributed by atoms with van der Waals surface area (Å²) in [6, 6.07) is 11.5. The van der Waals surface area contributed by atoms with E-state index >= 15 is 0 Å². The normalized spacial score (nSPS) is 20.2. The van der Waals surface area contributed by atoms with Crippen LogP contribution >= 0.6 is 0 Å². The predicted octanol–water partition coefficient (Wildman–Crippen LogP) is 3.83. The predicted molar refractivity (Wildman–Crippen MR) is 115 cm³/mol. The van der Waals surface area contributed by atoms with E-state index in [1.165, 1.54) is 0 Å². The number of carbonyl (C=O) groups excluding carboxylic acids is 2. The summed E-state index contributed by atoms with van der Waals surface area (Å²) >= 11 is 0. The van der Waals surface area contributed by atoms with Gasteiger partial charge in [0.15, 0.2) is 0 Å². The monoisotopic (exact) mass is 476 g/mol. The summed E-state index contributed by atoms with van der Waals surface area (Å²) in [7, 11) is 0. The lowest BCUT2D eigenvalue weighted by Gasteiger charge is -2.23. The van der Waals surface area contributed by atoms with E-state index < -0.39 is 42.1 Å². The second-order valence-corrected chi connectivity index (χ2v) is 8.50. The van der Waals surface area contributed by atoms with Gasteiger partial charge in [0, 0.05) is 12.0 Å². The van der Waals surface area contributed by atoms with Crippen molar-refractivity contribution < 1.29 is 37.4 Å². The third-order valence-electron chi connectivity index (χ3n) is 6.32. The molecule has 0 bridgehead atoms. The largest absolute Gasteiger partial charge is 0.481 e. The third kappa shape index (κ3) is 4.85. The summed E-state index contributed by atoms with van der Waals surface area (Å²) in [5.41, 5.74) is 3.73. The average molecular weight is 476 g/mol. The summed E-state index contributed by atoms with van der Waals surface area (Å²) in [5, 5.41) is 12.9. The number of rotatable bonds is 6. The van der Waals surface area contributed by atoms with E-state index in [4.69, 9.17) is 9.84 Å². The number of nitrogens with one attached hydrogen (secondary N) is 2. The van der Waals surface area contributed by atoms with E-state index in [-0.39, 0.29) is 31.8 Å². The molecule has 1 fully saturated rings. The summed E-state index contributed by atoms with van der Waals surface area (Å²) < 4.78 is 45.7. The number of halogens is 3. The van der Waals surface area contributed by atoms with Crippen LogP contribution in [0.1, 0.15) is 36.3 Å². The average Bonchev–Trinajstić information content (AvgIpc) is 3.38. The molecular weight excluding hydrogens is 453 g/mol. The Morgan fingerprint density at radius 3 is 2.12 bits per heavy atom. The molecule has 1 unspecified atom stereocenters. The zero-order valence-electron chi connectivity index (χ0n) is 18.0. The molecule has 34 heavy (non-hydrogen) atoms. The fourth-order valence-electron chi connectivity index (χ4n) is 4.68. The maximum atomic E-state index is 13.5. The number of carbonyl (C=O) groups is 3. The summed E-state index contributed by atoms with van der Waals surface area (Å²) in [4.78, 5) is 35.6. The first-order valence-corrected chi connectivity index (χ1v) is 10.9. The van der Waals surface area contributed by atoms with Crippen molar-refractivity contribution >= 4 is 18.0 Å². The number of benzene rings is 2. The van der Waals surface area contributed by atoms with Gasteiger partial charge < -0.3 is 20.5 Å². The molecule has 2 aromatic rings. The molecule has 4 rings (SSSR count). The summed E-state index contributed by atoms with van der Waals surface area (Å²) in [6.07, 6.45) is -5.87. The Labute approximate surface area is 193 Å². The molecule has 0 heterocycles. The van der Waals surface area contributed by atoms with Gasteiger partial charge in [0.25, 0.3) is 5.91 Å². The van der Waals surface area contributed by atoms with Crippen molar-refractivity contribution in [1.82, 2.24) is 10.6 Å². The molecule has 0 saturated heterocycles. The van der Waals surface area contributed by atoms with Crippen molar-refractivity contribution in [2.24, 2.45) is 5.92 Å². The lowest BCUT2D eigenvalue weighted by atomic mass is 9.98. The van der Waals surface area contributed by atoms with Crippen LogP contribution in [-0.2, 0) is 14.3 Å². The highest BCUT2D eigenvalue weighted by atomic mass is 19.4. The zero-order valence-corrected chi connectivity index (χ0v) is 18.0. The van der Waals surface area contributed by atoms with Crippen molar-refractivity contribution in [3.63, 3.8) is 0 Å². The van der Waals surface area contributed by atoms with Crippen molar-refractivity contribution in [1.29, 1.82) is 0 Å². The minimum absolute atomic E-state index is 0.0383. The fourth-order valence-corrected chi connectivity index (χ4v) is 4.68. The van der Waals surface area contributed by atoms with Crippen molar-refractivity contribution in [2.45, 2.75) is 43.4 Å². The van der Waals surface area contributed by atoms with Gasteiger partial charge in [0.1, 0.15) is 6.61 Å². The number of carboxylic acids is 1. The van der Waals surface area contributed by atoms with Gasteiger partial charge in [-0.05, 0) is 41.5 Å². The minimum Gasteiger partial charge on any atom is -0.481 e. The van der Waals surface area contributed by atoms with Gasteiger partial charge in [-0.3, -0.25) is 9.59 Å². The van der Waals surface area contributed by atoms with Crippen LogP contribution in [-0.4, -0.2) is 47.9 Å². The second kappa shape index (κ2) is 9.36. The van der Waals surface area contributed by atoms with Crippen molar-refractivity contribution in [2.75, 3.05) is 6.61 Å². The topological polar surface area (TPSA) is 105 Å². The van der Waals surface area contributed by atoms with Crippen LogP contribution in [0.25, 0.3) is 11.1 Å². The van der Waals surface area contributed by atoms with Crippen LogP contribution in [0, 0.1) is 5.92 Å². The van der Waals surface area contributed by atoms with E-state index in [1.54, 1.807) is 5.32 Å². The molecule has 0 radical (unpaired) electrons. The maximum absolute atomic E-state index is 13.5. The van der Waals surface area contributed by atoms with Crippen molar-refractivity contribution in [3.05, 3.63) is 59.7 Å². The molecule has 2 aromatic carbocycles. The van der Waals surface area contributed by atoms with Crippen LogP contribution in [0.2, 0.25) is 0 Å². The SMILES string of the molecule is O=C(NC(C(=O)N[C@@H]1CC[C@H](C(=O)O)C1)C(F)(F)F)OCC1c2ccccc2-c2ccccc21. The first kappa shape index (κ1) is 23.6. The van der Waals surface area contributed by atoms with Crippen LogP contribution in [0.15, 0.2) is 48.5 Å². The molecule has 0 spiro atoms. The molecule has 180 valence electrons. The first-order chi connectivity index (χ1) is 16.1. The van der Waals surface area contributed by atoms with E-state index in [9.17, 15) is 27.6 Å². The summed E-state index contributed by atoms with van der Waals surface area (Å²) in [6.45, 7) is -0.199. The Morgan fingerprint density at radius 1 is 1.00 bits per heavy atom. The van der Waals surface area contributed by atoms with Gasteiger partial charge in [-0.25, -0.2) is 4.79 Å². The Kier molecular flexibility index (Phi) is 6.49. The number of hydrogen-bond acceptors (Lipinski definition) is 4. The van der Waals surface area contributed by atoms with Gasteiger partial charge in [-0.2, -0.15) is 13.2 Å². The lowest BCUT2D eigenvalue weighted by Crippen LogP contribution is -2.56.